The Hall–Kier alpha value is -0.840. The lowest BCUT2D eigenvalue weighted by Crippen LogP contribution is -2.58. The monoisotopic (exact) mass is 295 g/mol. The lowest BCUT2D eigenvalue weighted by molar-refractivity contribution is 0.188. The molecule has 0 atom stereocenters. The van der Waals surface area contributed by atoms with Crippen LogP contribution in [0.1, 0.15) is 25.7 Å². The van der Waals surface area contributed by atoms with E-state index in [0.29, 0.717) is 6.04 Å². The van der Waals surface area contributed by atoms with E-state index in [1.54, 1.807) is 0 Å². The molecule has 2 aliphatic rings. The summed E-state index contributed by atoms with van der Waals surface area (Å²) >= 11 is 11.4. The molecule has 0 unspecified atom stereocenters. The Morgan fingerprint density at radius 3 is 2.53 bits per heavy atom. The maximum Gasteiger partial charge on any atom is 0.175 e. The highest BCUT2D eigenvalue weighted by atomic mass is 35.5. The quantitative estimate of drug-likeness (QED) is 0.844. The fraction of sp³-hybridized carbons (Fsp3) is 0.500. The van der Waals surface area contributed by atoms with Crippen LogP contribution in [-0.2, 0) is 0 Å². The minimum absolute atomic E-state index is 0.699. The van der Waals surface area contributed by atoms with Gasteiger partial charge in [0.25, 0.3) is 0 Å². The van der Waals surface area contributed by atoms with Crippen molar-refractivity contribution in [3.8, 4) is 0 Å². The summed E-state index contributed by atoms with van der Waals surface area (Å²) in [6.07, 6.45) is 5.32. The number of nitrogens with zero attached hydrogens (tertiary/aromatic N) is 2. The summed E-state index contributed by atoms with van der Waals surface area (Å²) in [7, 11) is 0. The average molecular weight is 296 g/mol. The minimum Gasteiger partial charge on any atom is -0.349 e. The van der Waals surface area contributed by atoms with Crippen LogP contribution in [-0.4, -0.2) is 29.4 Å². The summed E-state index contributed by atoms with van der Waals surface area (Å²) in [4.78, 5) is 4.63. The Morgan fingerprint density at radius 2 is 1.84 bits per heavy atom. The standard InChI is InChI=1S/C14H18ClN3S/c15-11-5-7-13(8-6-11)18-10-17(9-16-14(18)19)12-3-1-2-4-12/h5-8,12H,1-4,9-10H2,(H,16,19). The molecule has 0 bridgehead atoms. The first-order valence-electron chi connectivity index (χ1n) is 6.79. The van der Waals surface area contributed by atoms with Gasteiger partial charge in [-0.15, -0.1) is 0 Å². The van der Waals surface area contributed by atoms with Gasteiger partial charge in [-0.1, -0.05) is 24.4 Å². The Bertz CT molecular complexity index is 456. The second-order valence-corrected chi connectivity index (χ2v) is 6.04. The lowest BCUT2D eigenvalue weighted by Gasteiger charge is -2.40. The zero-order valence-corrected chi connectivity index (χ0v) is 12.4. The molecule has 0 spiro atoms. The smallest absolute Gasteiger partial charge is 0.175 e. The Labute approximate surface area is 124 Å². The van der Waals surface area contributed by atoms with Crippen molar-refractivity contribution in [2.75, 3.05) is 18.2 Å². The van der Waals surface area contributed by atoms with Gasteiger partial charge in [-0.2, -0.15) is 0 Å². The van der Waals surface area contributed by atoms with Gasteiger partial charge in [-0.25, -0.2) is 0 Å². The zero-order chi connectivity index (χ0) is 13.2. The number of benzene rings is 1. The van der Waals surface area contributed by atoms with Gasteiger partial charge in [-0.05, 0) is 49.3 Å². The molecule has 1 N–H and O–H groups in total. The molecule has 1 saturated carbocycles. The van der Waals surface area contributed by atoms with Gasteiger partial charge in [0.1, 0.15) is 0 Å². The van der Waals surface area contributed by atoms with Crippen molar-refractivity contribution in [1.29, 1.82) is 0 Å². The molecule has 102 valence electrons. The number of thiocarbonyl (C=S) groups is 1. The van der Waals surface area contributed by atoms with Crippen LogP contribution in [0.2, 0.25) is 5.02 Å². The molecule has 1 aliphatic carbocycles. The van der Waals surface area contributed by atoms with Crippen molar-refractivity contribution in [1.82, 2.24) is 10.2 Å². The molecular formula is C14H18ClN3S. The second-order valence-electron chi connectivity index (χ2n) is 5.21. The number of anilines is 1. The third-order valence-corrected chi connectivity index (χ3v) is 4.60. The summed E-state index contributed by atoms with van der Waals surface area (Å²) in [6, 6.07) is 8.57. The van der Waals surface area contributed by atoms with Crippen LogP contribution in [0.3, 0.4) is 0 Å². The Morgan fingerprint density at radius 1 is 1.16 bits per heavy atom. The van der Waals surface area contributed by atoms with Crippen molar-refractivity contribution >= 4 is 34.6 Å². The molecule has 0 aromatic heterocycles. The SMILES string of the molecule is S=C1NCN(C2CCCC2)CN1c1ccc(Cl)cc1. The molecule has 0 radical (unpaired) electrons. The van der Waals surface area contributed by atoms with E-state index < -0.39 is 0 Å². The first-order chi connectivity index (χ1) is 9.24. The molecule has 1 aliphatic heterocycles. The fourth-order valence-electron chi connectivity index (χ4n) is 2.89. The first kappa shape index (κ1) is 13.2. The highest BCUT2D eigenvalue weighted by Crippen LogP contribution is 2.26. The third kappa shape index (κ3) is 2.86. The van der Waals surface area contributed by atoms with Gasteiger partial charge in [0.05, 0.1) is 13.3 Å². The summed E-state index contributed by atoms with van der Waals surface area (Å²) in [5.74, 6) is 0. The number of halogens is 1. The van der Waals surface area contributed by atoms with Crippen LogP contribution in [0, 0.1) is 0 Å². The Kier molecular flexibility index (Phi) is 3.91. The molecule has 1 heterocycles. The van der Waals surface area contributed by atoms with Gasteiger partial charge in [0.2, 0.25) is 0 Å². The van der Waals surface area contributed by atoms with Crippen LogP contribution < -0.4 is 10.2 Å². The topological polar surface area (TPSA) is 18.5 Å². The van der Waals surface area contributed by atoms with E-state index in [2.05, 4.69) is 15.1 Å². The number of rotatable bonds is 2. The molecular weight excluding hydrogens is 278 g/mol. The van der Waals surface area contributed by atoms with Crippen LogP contribution in [0.4, 0.5) is 5.69 Å². The molecule has 1 saturated heterocycles. The summed E-state index contributed by atoms with van der Waals surface area (Å²) in [6.45, 7) is 1.74. The van der Waals surface area contributed by atoms with Crippen molar-refractivity contribution in [3.05, 3.63) is 29.3 Å². The van der Waals surface area contributed by atoms with E-state index in [1.165, 1.54) is 25.7 Å². The fourth-order valence-corrected chi connectivity index (χ4v) is 3.25. The molecule has 19 heavy (non-hydrogen) atoms. The van der Waals surface area contributed by atoms with Crippen molar-refractivity contribution in [2.24, 2.45) is 0 Å². The first-order valence-corrected chi connectivity index (χ1v) is 7.57. The van der Waals surface area contributed by atoms with E-state index in [4.69, 9.17) is 23.8 Å². The predicted molar refractivity (Wildman–Crippen MR) is 83.5 cm³/mol. The van der Waals surface area contributed by atoms with Crippen molar-refractivity contribution in [2.45, 2.75) is 31.7 Å². The van der Waals surface area contributed by atoms with Crippen LogP contribution in [0.5, 0.6) is 0 Å². The van der Waals surface area contributed by atoms with Crippen LogP contribution in [0.15, 0.2) is 24.3 Å². The van der Waals surface area contributed by atoms with E-state index in [-0.39, 0.29) is 0 Å². The minimum atomic E-state index is 0.699. The lowest BCUT2D eigenvalue weighted by atomic mass is 10.2. The molecule has 1 aromatic carbocycles. The maximum atomic E-state index is 5.94. The Balaban J connectivity index is 1.75. The van der Waals surface area contributed by atoms with Crippen LogP contribution in [0.25, 0.3) is 0 Å². The largest absolute Gasteiger partial charge is 0.349 e. The van der Waals surface area contributed by atoms with E-state index in [9.17, 15) is 0 Å². The van der Waals surface area contributed by atoms with Gasteiger partial charge in [-0.3, -0.25) is 4.90 Å². The molecule has 5 heteroatoms. The molecule has 0 amide bonds. The molecule has 2 fully saturated rings. The van der Waals surface area contributed by atoms with E-state index in [1.807, 2.05) is 24.3 Å². The van der Waals surface area contributed by atoms with Gasteiger partial charge >= 0.3 is 0 Å². The van der Waals surface area contributed by atoms with E-state index >= 15 is 0 Å². The second kappa shape index (κ2) is 5.65. The van der Waals surface area contributed by atoms with Gasteiger partial charge < -0.3 is 10.2 Å². The summed E-state index contributed by atoms with van der Waals surface area (Å²) < 4.78 is 0. The molecule has 1 aromatic rings. The van der Waals surface area contributed by atoms with Crippen LogP contribution >= 0.6 is 23.8 Å². The number of hydrogen-bond donors (Lipinski definition) is 1. The summed E-state index contributed by atoms with van der Waals surface area (Å²) in [5.41, 5.74) is 1.10. The third-order valence-electron chi connectivity index (χ3n) is 3.98. The molecule has 3 rings (SSSR count). The highest BCUT2D eigenvalue weighted by Gasteiger charge is 2.28. The number of nitrogens with one attached hydrogen (secondary N) is 1. The van der Waals surface area contributed by atoms with Gasteiger partial charge in [0.15, 0.2) is 5.11 Å². The predicted octanol–water partition coefficient (Wildman–Crippen LogP) is 3.19. The number of hydrogen-bond acceptors (Lipinski definition) is 2. The van der Waals surface area contributed by atoms with Gasteiger partial charge in [0, 0.05) is 16.8 Å². The zero-order valence-electron chi connectivity index (χ0n) is 10.8. The van der Waals surface area contributed by atoms with Crippen molar-refractivity contribution < 1.29 is 0 Å². The summed E-state index contributed by atoms with van der Waals surface area (Å²) in [5, 5.41) is 4.88. The maximum absolute atomic E-state index is 5.94. The normalized spacial score (nSPS) is 21.7. The highest BCUT2D eigenvalue weighted by molar-refractivity contribution is 7.80. The van der Waals surface area contributed by atoms with Crippen molar-refractivity contribution in [3.63, 3.8) is 0 Å². The van der Waals surface area contributed by atoms with E-state index in [0.717, 1.165) is 29.2 Å². The molecule has 3 nitrogen and oxygen atoms in total. The average Bonchev–Trinajstić information content (AvgIpc) is 2.94.